The minimum Gasteiger partial charge on any atom is -0.693 e. The number of hydrogen-bond donors (Lipinski definition) is 2. The van der Waals surface area contributed by atoms with Gasteiger partial charge in [-0.3, -0.25) is 9.11 Å². The number of rotatable bonds is 2. The van der Waals surface area contributed by atoms with E-state index in [0.717, 1.165) is 0 Å². The van der Waals surface area contributed by atoms with E-state index in [0.29, 0.717) is 0 Å². The van der Waals surface area contributed by atoms with E-state index in [2.05, 4.69) is 3.63 Å². The van der Waals surface area contributed by atoms with Gasteiger partial charge in [0.2, 0.25) is 0 Å². The van der Waals surface area contributed by atoms with Crippen LogP contribution in [0.3, 0.4) is 0 Å². The largest absolute Gasteiger partial charge is 0.693 e. The molecule has 0 atom stereocenters. The van der Waals surface area contributed by atoms with Crippen LogP contribution in [-0.4, -0.2) is 25.9 Å². The second-order valence-corrected chi connectivity index (χ2v) is 3.18. The van der Waals surface area contributed by atoms with Gasteiger partial charge in [0.1, 0.15) is 0 Å². The van der Waals surface area contributed by atoms with Gasteiger partial charge in [-0.1, -0.05) is 0 Å². The van der Waals surface area contributed by atoms with Crippen molar-refractivity contribution in [2.24, 2.45) is 0 Å². The molecule has 0 aromatic heterocycles. The molecule has 14 heteroatoms. The van der Waals surface area contributed by atoms with Crippen molar-refractivity contribution >= 4 is 20.8 Å². The Bertz CT molecular complexity index is 249. The first-order valence-electron chi connectivity index (χ1n) is 1.37. The van der Waals surface area contributed by atoms with Crippen LogP contribution >= 0.6 is 0 Å². The Hall–Kier alpha value is 0.282. The van der Waals surface area contributed by atoms with Crippen LogP contribution in [0, 0.1) is 0 Å². The normalized spacial score (nSPS) is 8.71. The summed E-state index contributed by atoms with van der Waals surface area (Å²) in [6, 6.07) is 0. The molecule has 14 heavy (non-hydrogen) atoms. The molecular weight excluding hydrogens is 339 g/mol. The zero-order valence-corrected chi connectivity index (χ0v) is 9.57. The van der Waals surface area contributed by atoms with E-state index in [1.807, 2.05) is 0 Å². The summed E-state index contributed by atoms with van der Waals surface area (Å²) in [4.78, 5) is 0. The van der Waals surface area contributed by atoms with Crippen LogP contribution in [0.4, 0.5) is 0 Å². The average molecular weight is 349 g/mol. The summed E-state index contributed by atoms with van der Waals surface area (Å²) in [7, 11) is -10.2. The van der Waals surface area contributed by atoms with Crippen LogP contribution in [0.25, 0.3) is 24.6 Å². The molecule has 0 aromatic carbocycles. The van der Waals surface area contributed by atoms with E-state index >= 15 is 0 Å². The topological polar surface area (TPSA) is 252 Å². The summed E-state index contributed by atoms with van der Waals surface area (Å²) in [5.74, 6) is 0. The summed E-state index contributed by atoms with van der Waals surface area (Å²) < 4.78 is 55.6. The molecule has 0 radical (unpaired) electrons. The number of hydrogen-bond acceptors (Lipinski definition) is 5. The summed E-state index contributed by atoms with van der Waals surface area (Å²) in [5.41, 5.74) is 0. The van der Waals surface area contributed by atoms with E-state index < -0.39 is 20.8 Å². The van der Waals surface area contributed by atoms with Gasteiger partial charge in [0.25, 0.3) is 0 Å². The Kier molecular flexibility index (Phi) is 29.8. The molecule has 0 saturated heterocycles. The smallest absolute Gasteiger partial charge is 0.413 e. The second-order valence-electron chi connectivity index (χ2n) is 0.924. The Labute approximate surface area is 95.5 Å². The first-order valence-corrected chi connectivity index (χ1v) is 4.10. The Morgan fingerprint density at radius 1 is 0.714 bits per heavy atom. The molecule has 0 heterocycles. The van der Waals surface area contributed by atoms with Crippen LogP contribution < -0.4 is 0 Å². The SMILES string of the molecule is O=S(=O)(O)OS(=O)(=O)O.[NH2-].[NH2-].[NH2-].[NH2-].[Pd]. The van der Waals surface area contributed by atoms with Crippen molar-refractivity contribution < 1.29 is 50.0 Å². The third kappa shape index (κ3) is 39.6. The molecule has 0 rings (SSSR count). The minimum atomic E-state index is -5.12. The van der Waals surface area contributed by atoms with Crippen LogP contribution in [0.15, 0.2) is 0 Å². The van der Waals surface area contributed by atoms with Gasteiger partial charge in [-0.15, -0.1) is 3.63 Å². The van der Waals surface area contributed by atoms with Crippen molar-refractivity contribution in [3.05, 3.63) is 24.6 Å². The zero-order chi connectivity index (χ0) is 7.71. The summed E-state index contributed by atoms with van der Waals surface area (Å²) >= 11 is 0. The van der Waals surface area contributed by atoms with Crippen molar-refractivity contribution in [3.8, 4) is 0 Å². The fourth-order valence-electron chi connectivity index (χ4n) is 0.109. The molecule has 0 fully saturated rings. The van der Waals surface area contributed by atoms with E-state index in [-0.39, 0.29) is 45.0 Å². The molecule has 0 aromatic rings. The van der Waals surface area contributed by atoms with Gasteiger partial charge in [0.15, 0.2) is 0 Å². The molecule has 0 unspecified atom stereocenters. The predicted molar refractivity (Wildman–Crippen MR) is 45.3 cm³/mol. The molecule has 10 N–H and O–H groups in total. The molecule has 0 aliphatic carbocycles. The van der Waals surface area contributed by atoms with Gasteiger partial charge in [0.05, 0.1) is 0 Å². The Balaban J connectivity index is -0.0000000320. The molecule has 11 nitrogen and oxygen atoms in total. The van der Waals surface area contributed by atoms with Gasteiger partial charge >= 0.3 is 20.8 Å². The molecule has 0 aliphatic heterocycles. The molecule has 0 amide bonds. The van der Waals surface area contributed by atoms with Gasteiger partial charge in [-0.2, -0.15) is 16.8 Å². The monoisotopic (exact) mass is 348 g/mol. The number of nitrogens with two attached hydrogens (primary N) is 4. The average Bonchev–Trinajstić information content (AvgIpc) is 1.14. The Morgan fingerprint density at radius 3 is 0.857 bits per heavy atom. The van der Waals surface area contributed by atoms with Gasteiger partial charge < -0.3 is 24.6 Å². The first-order chi connectivity index (χ1) is 3.71. The minimum absolute atomic E-state index is 0. The van der Waals surface area contributed by atoms with Crippen LogP contribution in [-0.2, 0) is 44.9 Å². The summed E-state index contributed by atoms with van der Waals surface area (Å²) in [6.07, 6.45) is 0. The fourth-order valence-corrected chi connectivity index (χ4v) is 0.978. The predicted octanol–water partition coefficient (Wildman–Crippen LogP) is 1.47. The molecule has 0 spiro atoms. The fraction of sp³-hybridized carbons (Fsp3) is 0. The van der Waals surface area contributed by atoms with Gasteiger partial charge in [-0.05, 0) is 0 Å². The van der Waals surface area contributed by atoms with Crippen molar-refractivity contribution in [2.75, 3.05) is 0 Å². The molecule has 0 aliphatic rings. The maximum absolute atomic E-state index is 9.44. The van der Waals surface area contributed by atoms with Crippen molar-refractivity contribution in [2.45, 2.75) is 0 Å². The van der Waals surface area contributed by atoms with E-state index in [1.165, 1.54) is 0 Å². The standard InChI is InChI=1S/4H2N.H2O7S2.Pd/c;;;;1-8(2,3)7-9(4,5)6;/h4*1H2;(H,1,2,3)(H,4,5,6);/q4*-1;;. The molecular formula is H10N4O7PdS2-4. The van der Waals surface area contributed by atoms with E-state index in [4.69, 9.17) is 9.11 Å². The van der Waals surface area contributed by atoms with Crippen LogP contribution in [0.1, 0.15) is 0 Å². The van der Waals surface area contributed by atoms with Gasteiger partial charge in [-0.25, -0.2) is 0 Å². The van der Waals surface area contributed by atoms with E-state index in [1.54, 1.807) is 0 Å². The van der Waals surface area contributed by atoms with Crippen LogP contribution in [0.5, 0.6) is 0 Å². The quantitative estimate of drug-likeness (QED) is 0.547. The second kappa shape index (κ2) is 11.4. The Morgan fingerprint density at radius 2 is 0.857 bits per heavy atom. The van der Waals surface area contributed by atoms with Crippen molar-refractivity contribution in [1.82, 2.24) is 0 Å². The maximum Gasteiger partial charge on any atom is 0.413 e. The summed E-state index contributed by atoms with van der Waals surface area (Å²) in [5, 5.41) is 0. The summed E-state index contributed by atoms with van der Waals surface area (Å²) in [6.45, 7) is 0. The zero-order valence-electron chi connectivity index (χ0n) is 6.38. The third-order valence-corrected chi connectivity index (χ3v) is 1.55. The molecule has 98 valence electrons. The van der Waals surface area contributed by atoms with Crippen LogP contribution in [0.2, 0.25) is 0 Å². The van der Waals surface area contributed by atoms with E-state index in [9.17, 15) is 16.8 Å². The molecule has 0 bridgehead atoms. The maximum atomic E-state index is 9.44. The van der Waals surface area contributed by atoms with Crippen molar-refractivity contribution in [3.63, 3.8) is 0 Å². The first kappa shape index (κ1) is 36.7. The third-order valence-electron chi connectivity index (χ3n) is 0.172. The van der Waals surface area contributed by atoms with Gasteiger partial charge in [0, 0.05) is 20.4 Å². The molecule has 0 saturated carbocycles. The van der Waals surface area contributed by atoms with Crippen molar-refractivity contribution in [1.29, 1.82) is 0 Å².